The highest BCUT2D eigenvalue weighted by Crippen LogP contribution is 2.07. The Hall–Kier alpha value is -0.810. The SMILES string of the molecule is C=CC(CC#N)C(C)O. The van der Waals surface area contributed by atoms with Gasteiger partial charge in [0.25, 0.3) is 0 Å². The van der Waals surface area contributed by atoms with E-state index in [9.17, 15) is 0 Å². The summed E-state index contributed by atoms with van der Waals surface area (Å²) in [5.41, 5.74) is 0. The summed E-state index contributed by atoms with van der Waals surface area (Å²) in [5, 5.41) is 17.1. The summed E-state index contributed by atoms with van der Waals surface area (Å²) in [6.45, 7) is 5.15. The van der Waals surface area contributed by atoms with Crippen molar-refractivity contribution in [2.75, 3.05) is 0 Å². The second kappa shape index (κ2) is 4.11. The molecule has 0 fully saturated rings. The molecule has 2 nitrogen and oxygen atoms in total. The van der Waals surface area contributed by atoms with Crippen molar-refractivity contribution >= 4 is 0 Å². The van der Waals surface area contributed by atoms with Crippen LogP contribution in [0.5, 0.6) is 0 Å². The van der Waals surface area contributed by atoms with Crippen molar-refractivity contribution in [3.8, 4) is 6.07 Å². The highest BCUT2D eigenvalue weighted by atomic mass is 16.3. The molecular formula is C7H11NO. The third-order valence-corrected chi connectivity index (χ3v) is 1.25. The molecule has 2 atom stereocenters. The quantitative estimate of drug-likeness (QED) is 0.573. The van der Waals surface area contributed by atoms with Crippen LogP contribution in [0, 0.1) is 17.2 Å². The first-order valence-electron chi connectivity index (χ1n) is 2.90. The molecule has 9 heavy (non-hydrogen) atoms. The standard InChI is InChI=1S/C7H11NO/c1-3-7(4-5-8)6(2)9/h3,6-7,9H,1,4H2,2H3. The van der Waals surface area contributed by atoms with Gasteiger partial charge in [-0.1, -0.05) is 6.08 Å². The van der Waals surface area contributed by atoms with Gasteiger partial charge < -0.3 is 5.11 Å². The summed E-state index contributed by atoms with van der Waals surface area (Å²) >= 11 is 0. The van der Waals surface area contributed by atoms with Gasteiger partial charge in [-0.05, 0) is 6.92 Å². The minimum Gasteiger partial charge on any atom is -0.393 e. The Bertz CT molecular complexity index is 123. The summed E-state index contributed by atoms with van der Waals surface area (Å²) in [7, 11) is 0. The van der Waals surface area contributed by atoms with E-state index in [-0.39, 0.29) is 5.92 Å². The molecule has 0 aliphatic carbocycles. The van der Waals surface area contributed by atoms with Gasteiger partial charge in [0, 0.05) is 12.3 Å². The van der Waals surface area contributed by atoms with E-state index in [0.29, 0.717) is 6.42 Å². The van der Waals surface area contributed by atoms with Gasteiger partial charge in [0.1, 0.15) is 0 Å². The van der Waals surface area contributed by atoms with Crippen LogP contribution in [-0.2, 0) is 0 Å². The van der Waals surface area contributed by atoms with Gasteiger partial charge in [-0.3, -0.25) is 0 Å². The first-order chi connectivity index (χ1) is 4.22. The van der Waals surface area contributed by atoms with E-state index in [1.807, 2.05) is 6.07 Å². The minimum atomic E-state index is -0.456. The van der Waals surface area contributed by atoms with Crippen molar-refractivity contribution < 1.29 is 5.11 Å². The fraction of sp³-hybridized carbons (Fsp3) is 0.571. The molecule has 0 aromatic rings. The summed E-state index contributed by atoms with van der Waals surface area (Å²) in [5.74, 6) is -0.0741. The molecule has 0 radical (unpaired) electrons. The Labute approximate surface area is 55.4 Å². The van der Waals surface area contributed by atoms with Crippen molar-refractivity contribution in [2.24, 2.45) is 5.92 Å². The van der Waals surface area contributed by atoms with Crippen LogP contribution < -0.4 is 0 Å². The van der Waals surface area contributed by atoms with E-state index in [0.717, 1.165) is 0 Å². The lowest BCUT2D eigenvalue weighted by Gasteiger charge is -2.09. The first kappa shape index (κ1) is 8.19. The summed E-state index contributed by atoms with van der Waals surface area (Å²) < 4.78 is 0. The van der Waals surface area contributed by atoms with E-state index >= 15 is 0 Å². The fourth-order valence-corrected chi connectivity index (χ4v) is 0.556. The number of rotatable bonds is 3. The Morgan fingerprint density at radius 1 is 1.89 bits per heavy atom. The molecule has 0 aromatic heterocycles. The molecule has 1 N–H and O–H groups in total. The third-order valence-electron chi connectivity index (χ3n) is 1.25. The zero-order chi connectivity index (χ0) is 7.28. The maximum atomic E-state index is 8.92. The third kappa shape index (κ3) is 2.89. The van der Waals surface area contributed by atoms with Gasteiger partial charge >= 0.3 is 0 Å². The van der Waals surface area contributed by atoms with Gasteiger partial charge in [0.2, 0.25) is 0 Å². The highest BCUT2D eigenvalue weighted by Gasteiger charge is 2.08. The normalized spacial score (nSPS) is 15.7. The van der Waals surface area contributed by atoms with Crippen LogP contribution in [0.25, 0.3) is 0 Å². The number of nitriles is 1. The van der Waals surface area contributed by atoms with Crippen LogP contribution in [0.15, 0.2) is 12.7 Å². The van der Waals surface area contributed by atoms with Crippen molar-refractivity contribution in [3.63, 3.8) is 0 Å². The largest absolute Gasteiger partial charge is 0.393 e. The van der Waals surface area contributed by atoms with Gasteiger partial charge in [-0.25, -0.2) is 0 Å². The molecule has 0 aliphatic heterocycles. The molecule has 0 aliphatic rings. The number of aliphatic hydroxyl groups excluding tert-OH is 1. The summed E-state index contributed by atoms with van der Waals surface area (Å²) in [6.07, 6.45) is 1.50. The van der Waals surface area contributed by atoms with E-state index in [1.165, 1.54) is 0 Å². The maximum absolute atomic E-state index is 8.92. The Morgan fingerprint density at radius 2 is 2.44 bits per heavy atom. The molecule has 0 bridgehead atoms. The highest BCUT2D eigenvalue weighted by molar-refractivity contribution is 4.89. The van der Waals surface area contributed by atoms with E-state index in [1.54, 1.807) is 13.0 Å². The predicted molar refractivity (Wildman–Crippen MR) is 35.6 cm³/mol. The number of hydrogen-bond acceptors (Lipinski definition) is 2. The molecule has 0 spiro atoms. The van der Waals surface area contributed by atoms with Crippen molar-refractivity contribution in [2.45, 2.75) is 19.4 Å². The monoisotopic (exact) mass is 125 g/mol. The minimum absolute atomic E-state index is 0.0741. The number of nitrogens with zero attached hydrogens (tertiary/aromatic N) is 1. The van der Waals surface area contributed by atoms with Crippen LogP contribution in [-0.4, -0.2) is 11.2 Å². The molecular weight excluding hydrogens is 114 g/mol. The molecule has 0 rings (SSSR count). The van der Waals surface area contributed by atoms with Crippen LogP contribution >= 0.6 is 0 Å². The van der Waals surface area contributed by atoms with Gasteiger partial charge in [-0.2, -0.15) is 5.26 Å². The van der Waals surface area contributed by atoms with Gasteiger partial charge in [0.15, 0.2) is 0 Å². The van der Waals surface area contributed by atoms with E-state index in [2.05, 4.69) is 6.58 Å². The van der Waals surface area contributed by atoms with Gasteiger partial charge in [-0.15, -0.1) is 6.58 Å². The van der Waals surface area contributed by atoms with E-state index < -0.39 is 6.10 Å². The molecule has 0 heterocycles. The molecule has 50 valence electrons. The first-order valence-corrected chi connectivity index (χ1v) is 2.90. The maximum Gasteiger partial charge on any atom is 0.0628 e. The lowest BCUT2D eigenvalue weighted by Crippen LogP contribution is -2.12. The van der Waals surface area contributed by atoms with Crippen LogP contribution in [0.4, 0.5) is 0 Å². The van der Waals surface area contributed by atoms with Crippen LogP contribution in [0.2, 0.25) is 0 Å². The lowest BCUT2D eigenvalue weighted by atomic mass is 10.0. The smallest absolute Gasteiger partial charge is 0.0628 e. The molecule has 2 heteroatoms. The van der Waals surface area contributed by atoms with Crippen molar-refractivity contribution in [1.29, 1.82) is 5.26 Å². The Morgan fingerprint density at radius 3 is 2.56 bits per heavy atom. The zero-order valence-corrected chi connectivity index (χ0v) is 5.54. The zero-order valence-electron chi connectivity index (χ0n) is 5.54. The van der Waals surface area contributed by atoms with Crippen molar-refractivity contribution in [3.05, 3.63) is 12.7 Å². The number of aliphatic hydroxyl groups is 1. The average Bonchev–Trinajstić information content (AvgIpc) is 1.82. The molecule has 0 saturated heterocycles. The van der Waals surface area contributed by atoms with E-state index in [4.69, 9.17) is 10.4 Å². The second-order valence-corrected chi connectivity index (χ2v) is 2.00. The predicted octanol–water partition coefficient (Wildman–Crippen LogP) is 1.08. The van der Waals surface area contributed by atoms with Crippen LogP contribution in [0.3, 0.4) is 0 Å². The second-order valence-electron chi connectivity index (χ2n) is 2.00. The molecule has 2 unspecified atom stereocenters. The number of hydrogen-bond donors (Lipinski definition) is 1. The average molecular weight is 125 g/mol. The lowest BCUT2D eigenvalue weighted by molar-refractivity contribution is 0.151. The van der Waals surface area contributed by atoms with Gasteiger partial charge in [0.05, 0.1) is 12.2 Å². The van der Waals surface area contributed by atoms with Crippen molar-refractivity contribution in [1.82, 2.24) is 0 Å². The van der Waals surface area contributed by atoms with Crippen LogP contribution in [0.1, 0.15) is 13.3 Å². The summed E-state index contributed by atoms with van der Waals surface area (Å²) in [6, 6.07) is 1.97. The molecule has 0 aromatic carbocycles. The Kier molecular flexibility index (Phi) is 3.74. The molecule has 0 saturated carbocycles. The topological polar surface area (TPSA) is 44.0 Å². The molecule has 0 amide bonds. The Balaban J connectivity index is 3.71. The summed E-state index contributed by atoms with van der Waals surface area (Å²) in [4.78, 5) is 0. The fourth-order valence-electron chi connectivity index (χ4n) is 0.556.